The van der Waals surface area contributed by atoms with Gasteiger partial charge in [0.1, 0.15) is 0 Å². The van der Waals surface area contributed by atoms with Crippen molar-refractivity contribution in [3.63, 3.8) is 0 Å². The summed E-state index contributed by atoms with van der Waals surface area (Å²) in [7, 11) is 0. The minimum absolute atomic E-state index is 0. The van der Waals surface area contributed by atoms with Gasteiger partial charge in [0.2, 0.25) is 5.91 Å². The van der Waals surface area contributed by atoms with E-state index in [1.807, 2.05) is 0 Å². The van der Waals surface area contributed by atoms with Crippen LogP contribution in [0, 0.1) is 0 Å². The van der Waals surface area contributed by atoms with Crippen molar-refractivity contribution in [2.24, 2.45) is 4.99 Å². The molecule has 1 amide bonds. The molecule has 3 aliphatic rings. The molecule has 7 nitrogen and oxygen atoms in total. The zero-order chi connectivity index (χ0) is 21.0. The van der Waals surface area contributed by atoms with Crippen LogP contribution < -0.4 is 10.6 Å². The number of rotatable bonds is 11. The summed E-state index contributed by atoms with van der Waals surface area (Å²) in [5.41, 5.74) is 0. The van der Waals surface area contributed by atoms with Crippen LogP contribution in [0.5, 0.6) is 0 Å². The van der Waals surface area contributed by atoms with Crippen LogP contribution in [-0.4, -0.2) is 86.2 Å². The number of amides is 1. The van der Waals surface area contributed by atoms with Crippen molar-refractivity contribution in [3.05, 3.63) is 0 Å². The Morgan fingerprint density at radius 1 is 1.00 bits per heavy atom. The number of hydrogen-bond acceptors (Lipinski definition) is 4. The molecule has 8 heteroatoms. The number of carbonyl (C=O) groups excluding carboxylic acids is 1. The monoisotopic (exact) mass is 549 g/mol. The summed E-state index contributed by atoms with van der Waals surface area (Å²) in [6, 6.07) is 0.449. The SMILES string of the molecule is CCNC(=NCCCCCOC1CCCCC1)N1CCN(CC(=O)NC2CC2)CC1.I. The molecule has 3 fully saturated rings. The summed E-state index contributed by atoms with van der Waals surface area (Å²) in [5, 5.41) is 6.52. The number of hydrogen-bond donors (Lipinski definition) is 2. The van der Waals surface area contributed by atoms with Crippen LogP contribution in [0.1, 0.15) is 71.1 Å². The standard InChI is InChI=1S/C23H43N5O2.HI/c1-2-24-23(25-13-7-4-8-18-30-21-9-5-3-6-10-21)28-16-14-27(15-17-28)19-22(29)26-20-11-12-20;/h20-21H,2-19H2,1H3,(H,24,25)(H,26,29);1H. The summed E-state index contributed by atoms with van der Waals surface area (Å²) in [4.78, 5) is 21.5. The first kappa shape index (κ1) is 26.6. The average molecular weight is 550 g/mol. The molecule has 0 aromatic carbocycles. The molecule has 0 spiro atoms. The minimum atomic E-state index is 0. The van der Waals surface area contributed by atoms with Gasteiger partial charge in [0.05, 0.1) is 12.6 Å². The van der Waals surface area contributed by atoms with E-state index < -0.39 is 0 Å². The summed E-state index contributed by atoms with van der Waals surface area (Å²) < 4.78 is 6.02. The molecule has 1 saturated heterocycles. The molecular weight excluding hydrogens is 505 g/mol. The van der Waals surface area contributed by atoms with Crippen LogP contribution in [0.2, 0.25) is 0 Å². The number of carbonyl (C=O) groups is 1. The predicted octanol–water partition coefficient (Wildman–Crippen LogP) is 2.99. The molecule has 3 rings (SSSR count). The van der Waals surface area contributed by atoms with Crippen LogP contribution >= 0.6 is 24.0 Å². The number of aliphatic imine (C=N–C) groups is 1. The molecule has 0 radical (unpaired) electrons. The molecule has 2 saturated carbocycles. The zero-order valence-corrected chi connectivity index (χ0v) is 21.8. The summed E-state index contributed by atoms with van der Waals surface area (Å²) in [6.07, 6.45) is 12.8. The first-order chi connectivity index (χ1) is 14.7. The summed E-state index contributed by atoms with van der Waals surface area (Å²) in [5.74, 6) is 1.21. The number of ether oxygens (including phenoxy) is 1. The van der Waals surface area contributed by atoms with Crippen LogP contribution in [0.3, 0.4) is 0 Å². The fraction of sp³-hybridized carbons (Fsp3) is 0.913. The molecule has 1 aliphatic heterocycles. The first-order valence-corrected chi connectivity index (χ1v) is 12.4. The van der Waals surface area contributed by atoms with Crippen molar-refractivity contribution in [2.75, 3.05) is 52.4 Å². The van der Waals surface area contributed by atoms with Gasteiger partial charge in [0, 0.05) is 51.9 Å². The van der Waals surface area contributed by atoms with Crippen molar-refractivity contribution in [1.29, 1.82) is 0 Å². The van der Waals surface area contributed by atoms with Crippen molar-refractivity contribution < 1.29 is 9.53 Å². The molecule has 2 aliphatic carbocycles. The second-order valence-corrected chi connectivity index (χ2v) is 9.03. The second-order valence-electron chi connectivity index (χ2n) is 9.03. The highest BCUT2D eigenvalue weighted by molar-refractivity contribution is 14.0. The van der Waals surface area contributed by atoms with E-state index in [0.29, 0.717) is 18.7 Å². The van der Waals surface area contributed by atoms with Gasteiger partial charge in [-0.25, -0.2) is 0 Å². The van der Waals surface area contributed by atoms with Crippen LogP contribution in [0.15, 0.2) is 4.99 Å². The maximum absolute atomic E-state index is 12.0. The Balaban J connectivity index is 0.00000341. The van der Waals surface area contributed by atoms with Crippen LogP contribution in [0.25, 0.3) is 0 Å². The molecule has 2 N–H and O–H groups in total. The Labute approximate surface area is 206 Å². The topological polar surface area (TPSA) is 69.2 Å². The van der Waals surface area contributed by atoms with Crippen LogP contribution in [0.4, 0.5) is 0 Å². The Morgan fingerprint density at radius 2 is 1.74 bits per heavy atom. The molecule has 0 bridgehead atoms. The highest BCUT2D eigenvalue weighted by atomic mass is 127. The quantitative estimate of drug-likeness (QED) is 0.180. The molecule has 0 aromatic heterocycles. The number of piperazine rings is 1. The van der Waals surface area contributed by atoms with Gasteiger partial charge in [0.15, 0.2) is 5.96 Å². The lowest BCUT2D eigenvalue weighted by molar-refractivity contribution is -0.122. The first-order valence-electron chi connectivity index (χ1n) is 12.4. The molecule has 1 heterocycles. The zero-order valence-electron chi connectivity index (χ0n) is 19.4. The van der Waals surface area contributed by atoms with E-state index in [1.54, 1.807) is 0 Å². The summed E-state index contributed by atoms with van der Waals surface area (Å²) in [6.45, 7) is 9.01. The Hall–Kier alpha value is -0.610. The number of nitrogens with one attached hydrogen (secondary N) is 2. The van der Waals surface area contributed by atoms with Gasteiger partial charge in [-0.15, -0.1) is 24.0 Å². The lowest BCUT2D eigenvalue weighted by Gasteiger charge is -2.36. The lowest BCUT2D eigenvalue weighted by atomic mass is 9.98. The molecule has 0 aromatic rings. The number of guanidine groups is 1. The normalized spacial score (nSPS) is 20.9. The average Bonchev–Trinajstić information content (AvgIpc) is 3.57. The van der Waals surface area contributed by atoms with Gasteiger partial charge in [-0.3, -0.25) is 14.7 Å². The lowest BCUT2D eigenvalue weighted by Crippen LogP contribution is -2.54. The molecular formula is C23H44IN5O2. The van der Waals surface area contributed by atoms with E-state index in [0.717, 1.165) is 77.5 Å². The second kappa shape index (κ2) is 15.3. The number of halogens is 1. The predicted molar refractivity (Wildman–Crippen MR) is 137 cm³/mol. The van der Waals surface area contributed by atoms with E-state index in [-0.39, 0.29) is 29.9 Å². The fourth-order valence-electron chi connectivity index (χ4n) is 4.31. The molecule has 0 unspecified atom stereocenters. The van der Waals surface area contributed by atoms with Gasteiger partial charge in [-0.05, 0) is 51.9 Å². The van der Waals surface area contributed by atoms with Gasteiger partial charge in [-0.2, -0.15) is 0 Å². The van der Waals surface area contributed by atoms with Gasteiger partial charge < -0.3 is 20.3 Å². The Kier molecular flexibility index (Phi) is 13.1. The van der Waals surface area contributed by atoms with Gasteiger partial charge in [0.25, 0.3) is 0 Å². The Bertz CT molecular complexity index is 530. The van der Waals surface area contributed by atoms with Crippen molar-refractivity contribution in [1.82, 2.24) is 20.4 Å². The van der Waals surface area contributed by atoms with E-state index in [4.69, 9.17) is 9.73 Å². The maximum atomic E-state index is 12.0. The molecule has 31 heavy (non-hydrogen) atoms. The van der Waals surface area contributed by atoms with E-state index in [2.05, 4.69) is 27.4 Å². The van der Waals surface area contributed by atoms with Crippen molar-refractivity contribution in [2.45, 2.75) is 83.3 Å². The highest BCUT2D eigenvalue weighted by Gasteiger charge is 2.25. The third kappa shape index (κ3) is 10.7. The van der Waals surface area contributed by atoms with Gasteiger partial charge >= 0.3 is 0 Å². The van der Waals surface area contributed by atoms with E-state index >= 15 is 0 Å². The van der Waals surface area contributed by atoms with E-state index in [1.165, 1.54) is 38.5 Å². The van der Waals surface area contributed by atoms with Crippen LogP contribution in [-0.2, 0) is 9.53 Å². The number of nitrogens with zero attached hydrogens (tertiary/aromatic N) is 3. The third-order valence-electron chi connectivity index (χ3n) is 6.29. The molecule has 0 atom stereocenters. The maximum Gasteiger partial charge on any atom is 0.234 e. The highest BCUT2D eigenvalue weighted by Crippen LogP contribution is 2.20. The molecule has 180 valence electrons. The fourth-order valence-corrected chi connectivity index (χ4v) is 4.31. The minimum Gasteiger partial charge on any atom is -0.378 e. The van der Waals surface area contributed by atoms with Crippen molar-refractivity contribution >= 4 is 35.8 Å². The summed E-state index contributed by atoms with van der Waals surface area (Å²) >= 11 is 0. The van der Waals surface area contributed by atoms with Crippen molar-refractivity contribution in [3.8, 4) is 0 Å². The number of unbranched alkanes of at least 4 members (excludes halogenated alkanes) is 2. The third-order valence-corrected chi connectivity index (χ3v) is 6.29. The largest absolute Gasteiger partial charge is 0.378 e. The Morgan fingerprint density at radius 3 is 2.42 bits per heavy atom. The van der Waals surface area contributed by atoms with Gasteiger partial charge in [-0.1, -0.05) is 19.3 Å². The smallest absolute Gasteiger partial charge is 0.234 e. The van der Waals surface area contributed by atoms with E-state index in [9.17, 15) is 4.79 Å².